The summed E-state index contributed by atoms with van der Waals surface area (Å²) in [5.74, 6) is -0.526. The molecule has 1 heterocycles. The lowest BCUT2D eigenvalue weighted by atomic mass is 10.0. The lowest BCUT2D eigenvalue weighted by Gasteiger charge is -2.31. The molecule has 1 saturated heterocycles. The molecule has 1 aliphatic rings. The zero-order chi connectivity index (χ0) is 31.1. The number of nitrogens with two attached hydrogens (primary N) is 1. The molecule has 0 saturated carbocycles. The number of primary amides is 1. The van der Waals surface area contributed by atoms with Crippen LogP contribution in [0.25, 0.3) is 0 Å². The molecular formula is C31H32ClN3O8. The fraction of sp³-hybridized carbons (Fsp3) is 0.290. The number of likely N-dealkylation sites (tertiary alicyclic amines) is 1. The number of ketones is 1. The average Bonchev–Trinajstić information content (AvgIpc) is 3.48. The first-order valence-corrected chi connectivity index (χ1v) is 13.8. The SMILES string of the molecule is COC(=O)c1ccc(OC(OC(C)=O)N2CCCC2C(=O)Cc2ccc(N(C(N)=O)c3ccccc3Cl)c(OC)c2)cc1. The van der Waals surface area contributed by atoms with Crippen molar-refractivity contribution >= 4 is 46.7 Å². The molecule has 12 heteroatoms. The molecule has 2 unspecified atom stereocenters. The number of anilines is 2. The van der Waals surface area contributed by atoms with Crippen LogP contribution in [0.2, 0.25) is 5.02 Å². The van der Waals surface area contributed by atoms with E-state index in [2.05, 4.69) is 0 Å². The van der Waals surface area contributed by atoms with Crippen molar-refractivity contribution in [2.75, 3.05) is 25.7 Å². The van der Waals surface area contributed by atoms with Gasteiger partial charge in [-0.05, 0) is 66.9 Å². The number of halogens is 1. The summed E-state index contributed by atoms with van der Waals surface area (Å²) in [7, 11) is 2.74. The van der Waals surface area contributed by atoms with Crippen LogP contribution in [0, 0.1) is 0 Å². The van der Waals surface area contributed by atoms with Crippen LogP contribution < -0.4 is 20.1 Å². The highest BCUT2D eigenvalue weighted by molar-refractivity contribution is 6.34. The zero-order valence-electron chi connectivity index (χ0n) is 23.9. The number of rotatable bonds is 11. The quantitative estimate of drug-likeness (QED) is 0.239. The Morgan fingerprint density at radius 3 is 2.37 bits per heavy atom. The van der Waals surface area contributed by atoms with Crippen molar-refractivity contribution in [3.63, 3.8) is 0 Å². The van der Waals surface area contributed by atoms with Crippen molar-refractivity contribution in [1.29, 1.82) is 0 Å². The van der Waals surface area contributed by atoms with Crippen LogP contribution in [0.4, 0.5) is 16.2 Å². The summed E-state index contributed by atoms with van der Waals surface area (Å²) in [6, 6.07) is 16.6. The highest BCUT2D eigenvalue weighted by Gasteiger charge is 2.38. The fourth-order valence-corrected chi connectivity index (χ4v) is 5.15. The molecule has 0 spiro atoms. The van der Waals surface area contributed by atoms with Crippen LogP contribution in [0.3, 0.4) is 0 Å². The Morgan fingerprint density at radius 2 is 1.74 bits per heavy atom. The van der Waals surface area contributed by atoms with Gasteiger partial charge in [0.05, 0.1) is 42.2 Å². The maximum Gasteiger partial charge on any atom is 0.337 e. The molecule has 0 bridgehead atoms. The van der Waals surface area contributed by atoms with Crippen molar-refractivity contribution in [1.82, 2.24) is 4.90 Å². The molecule has 11 nitrogen and oxygen atoms in total. The number of hydrogen-bond donors (Lipinski definition) is 1. The van der Waals surface area contributed by atoms with Gasteiger partial charge in [0, 0.05) is 19.9 Å². The summed E-state index contributed by atoms with van der Waals surface area (Å²) < 4.78 is 21.7. The molecule has 0 radical (unpaired) electrons. The smallest absolute Gasteiger partial charge is 0.337 e. The Kier molecular flexibility index (Phi) is 10.2. The number of ether oxygens (including phenoxy) is 4. The summed E-state index contributed by atoms with van der Waals surface area (Å²) >= 11 is 6.33. The lowest BCUT2D eigenvalue weighted by molar-refractivity contribution is -0.194. The van der Waals surface area contributed by atoms with E-state index in [0.29, 0.717) is 58.4 Å². The normalized spacial score (nSPS) is 15.3. The van der Waals surface area contributed by atoms with E-state index in [1.54, 1.807) is 59.5 Å². The molecule has 43 heavy (non-hydrogen) atoms. The second-order valence-corrected chi connectivity index (χ2v) is 10.1. The van der Waals surface area contributed by atoms with Gasteiger partial charge >= 0.3 is 24.4 Å². The maximum absolute atomic E-state index is 13.6. The molecule has 1 fully saturated rings. The van der Waals surface area contributed by atoms with Crippen molar-refractivity contribution in [3.05, 3.63) is 82.9 Å². The van der Waals surface area contributed by atoms with Crippen LogP contribution in [0.5, 0.6) is 11.5 Å². The van der Waals surface area contributed by atoms with E-state index in [-0.39, 0.29) is 12.2 Å². The van der Waals surface area contributed by atoms with Crippen LogP contribution in [-0.4, -0.2) is 61.9 Å². The third-order valence-electron chi connectivity index (χ3n) is 6.89. The van der Waals surface area contributed by atoms with Crippen LogP contribution in [-0.2, 0) is 25.5 Å². The minimum absolute atomic E-state index is 0.0427. The van der Waals surface area contributed by atoms with Gasteiger partial charge in [0.15, 0.2) is 5.78 Å². The third kappa shape index (κ3) is 7.43. The van der Waals surface area contributed by atoms with E-state index in [4.69, 9.17) is 36.3 Å². The Hall–Kier alpha value is -4.61. The molecule has 3 aromatic carbocycles. The number of benzene rings is 3. The monoisotopic (exact) mass is 609 g/mol. The van der Waals surface area contributed by atoms with Crippen molar-refractivity contribution in [2.24, 2.45) is 5.73 Å². The summed E-state index contributed by atoms with van der Waals surface area (Å²) in [5.41, 5.74) is 7.43. The largest absolute Gasteiger partial charge is 0.495 e. The first kappa shape index (κ1) is 31.3. The molecule has 0 aliphatic carbocycles. The highest BCUT2D eigenvalue weighted by Crippen LogP contribution is 2.38. The highest BCUT2D eigenvalue weighted by atomic mass is 35.5. The summed E-state index contributed by atoms with van der Waals surface area (Å²) in [4.78, 5) is 52.7. The molecule has 2 amide bonds. The summed E-state index contributed by atoms with van der Waals surface area (Å²) in [5, 5.41) is 0.327. The molecular weight excluding hydrogens is 578 g/mol. The van der Waals surface area contributed by atoms with Gasteiger partial charge in [-0.15, -0.1) is 0 Å². The minimum Gasteiger partial charge on any atom is -0.495 e. The number of hydrogen-bond acceptors (Lipinski definition) is 9. The van der Waals surface area contributed by atoms with Gasteiger partial charge in [-0.1, -0.05) is 29.8 Å². The van der Waals surface area contributed by atoms with Gasteiger partial charge in [0.2, 0.25) is 0 Å². The number of methoxy groups -OCH3 is 2. The van der Waals surface area contributed by atoms with Gasteiger partial charge in [0.25, 0.3) is 0 Å². The summed E-state index contributed by atoms with van der Waals surface area (Å²) in [6.07, 6.45) is 0.112. The first-order chi connectivity index (χ1) is 20.6. The van der Waals surface area contributed by atoms with Gasteiger partial charge in [0.1, 0.15) is 11.5 Å². The summed E-state index contributed by atoms with van der Waals surface area (Å²) in [6.45, 7) is 1.72. The number of para-hydroxylation sites is 1. The molecule has 1 aliphatic heterocycles. The van der Waals surface area contributed by atoms with Crippen molar-refractivity contribution in [2.45, 2.75) is 38.6 Å². The Bertz CT molecular complexity index is 1500. The Labute approximate surface area is 254 Å². The minimum atomic E-state index is -1.16. The van der Waals surface area contributed by atoms with Crippen LogP contribution in [0.1, 0.15) is 35.7 Å². The maximum atomic E-state index is 13.6. The third-order valence-corrected chi connectivity index (χ3v) is 7.21. The van der Waals surface area contributed by atoms with Gasteiger partial charge in [-0.3, -0.25) is 14.5 Å². The zero-order valence-corrected chi connectivity index (χ0v) is 24.7. The van der Waals surface area contributed by atoms with Crippen LogP contribution >= 0.6 is 11.6 Å². The number of urea groups is 1. The molecule has 2 N–H and O–H groups in total. The Morgan fingerprint density at radius 1 is 1.02 bits per heavy atom. The predicted octanol–water partition coefficient (Wildman–Crippen LogP) is 4.85. The number of amides is 2. The van der Waals surface area contributed by atoms with E-state index in [9.17, 15) is 19.2 Å². The number of esters is 2. The number of Topliss-reactive ketones (excluding diaryl/α,β-unsaturated/α-hetero) is 1. The predicted molar refractivity (Wildman–Crippen MR) is 159 cm³/mol. The standard InChI is InChI=1S/C31H32ClN3O8/c1-19(36)42-31(43-22-13-11-21(12-14-22)29(38)41-3)34-16-6-9-25(34)27(37)17-20-10-15-26(28(18-20)40-2)35(30(33)39)24-8-5-4-7-23(24)32/h4-5,7-8,10-15,18,25,31H,6,9,16-17H2,1-3H3,(H2,33,39). The van der Waals surface area contributed by atoms with Crippen molar-refractivity contribution in [3.8, 4) is 11.5 Å². The Balaban J connectivity index is 1.53. The molecule has 3 aromatic rings. The second kappa shape index (κ2) is 14.0. The van der Waals surface area contributed by atoms with E-state index in [0.717, 1.165) is 0 Å². The molecule has 226 valence electrons. The molecule has 0 aromatic heterocycles. The second-order valence-electron chi connectivity index (χ2n) is 9.72. The number of carbonyl (C=O) groups excluding carboxylic acids is 4. The number of nitrogens with zero attached hydrogens (tertiary/aromatic N) is 2. The average molecular weight is 610 g/mol. The van der Waals surface area contributed by atoms with E-state index in [1.807, 2.05) is 0 Å². The van der Waals surface area contributed by atoms with E-state index < -0.39 is 30.4 Å². The van der Waals surface area contributed by atoms with E-state index in [1.165, 1.54) is 38.2 Å². The lowest BCUT2D eigenvalue weighted by Crippen LogP contribution is -2.48. The first-order valence-electron chi connectivity index (χ1n) is 13.4. The molecule has 2 atom stereocenters. The molecule has 4 rings (SSSR count). The van der Waals surface area contributed by atoms with Gasteiger partial charge in [-0.25, -0.2) is 14.5 Å². The van der Waals surface area contributed by atoms with Crippen LogP contribution in [0.15, 0.2) is 66.7 Å². The van der Waals surface area contributed by atoms with E-state index >= 15 is 0 Å². The van der Waals surface area contributed by atoms with Gasteiger partial charge < -0.3 is 24.7 Å². The number of carbonyl (C=O) groups is 4. The topological polar surface area (TPSA) is 138 Å². The van der Waals surface area contributed by atoms with Crippen molar-refractivity contribution < 1.29 is 38.1 Å². The fourth-order valence-electron chi connectivity index (χ4n) is 4.93. The van der Waals surface area contributed by atoms with Gasteiger partial charge in [-0.2, -0.15) is 0 Å².